The molecule has 0 radical (unpaired) electrons. The van der Waals surface area contributed by atoms with Gasteiger partial charge in [-0.05, 0) is 30.2 Å². The largest absolute Gasteiger partial charge is 0.478 e. The number of carboxylic acids is 1. The van der Waals surface area contributed by atoms with Crippen molar-refractivity contribution in [3.8, 4) is 0 Å². The molecule has 0 aliphatic heterocycles. The molecule has 1 N–H and O–H groups in total. The standard InChI is InChI=1S/C12H13F3N2O2/c1-8-5-9(3-4-10(18)19)6-16-11(8)17(2)7-12(13,14)15/h3-6H,7H2,1-2H3,(H,18,19)/b4-3+. The number of pyridine rings is 1. The highest BCUT2D eigenvalue weighted by Gasteiger charge is 2.30. The fourth-order valence-electron chi connectivity index (χ4n) is 1.59. The van der Waals surface area contributed by atoms with Crippen molar-refractivity contribution >= 4 is 17.9 Å². The Kier molecular flexibility index (Phi) is 4.52. The summed E-state index contributed by atoms with van der Waals surface area (Å²) >= 11 is 0. The SMILES string of the molecule is Cc1cc(/C=C/C(=O)O)cnc1N(C)CC(F)(F)F. The van der Waals surface area contributed by atoms with Crippen molar-refractivity contribution in [2.75, 3.05) is 18.5 Å². The lowest BCUT2D eigenvalue weighted by Gasteiger charge is -2.21. The van der Waals surface area contributed by atoms with Crippen LogP contribution in [0.2, 0.25) is 0 Å². The van der Waals surface area contributed by atoms with E-state index in [-0.39, 0.29) is 5.82 Å². The first-order valence-corrected chi connectivity index (χ1v) is 5.34. The second-order valence-electron chi connectivity index (χ2n) is 4.05. The molecule has 0 aliphatic rings. The number of carbonyl (C=O) groups is 1. The van der Waals surface area contributed by atoms with Gasteiger partial charge in [0.05, 0.1) is 0 Å². The summed E-state index contributed by atoms with van der Waals surface area (Å²) in [4.78, 5) is 15.3. The lowest BCUT2D eigenvalue weighted by Crippen LogP contribution is -2.31. The molecule has 0 bridgehead atoms. The average molecular weight is 274 g/mol. The fraction of sp³-hybridized carbons (Fsp3) is 0.333. The second-order valence-corrected chi connectivity index (χ2v) is 4.05. The van der Waals surface area contributed by atoms with Gasteiger partial charge in [0, 0.05) is 19.3 Å². The Hall–Kier alpha value is -2.05. The number of halogens is 3. The zero-order valence-electron chi connectivity index (χ0n) is 10.4. The van der Waals surface area contributed by atoms with E-state index >= 15 is 0 Å². The lowest BCUT2D eigenvalue weighted by molar-refractivity contribution is -0.131. The Morgan fingerprint density at radius 1 is 1.53 bits per heavy atom. The summed E-state index contributed by atoms with van der Waals surface area (Å²) in [6.45, 7) is 0.526. The normalized spacial score (nSPS) is 11.8. The van der Waals surface area contributed by atoms with E-state index in [1.807, 2.05) is 0 Å². The van der Waals surface area contributed by atoms with Crippen LogP contribution in [0.1, 0.15) is 11.1 Å². The average Bonchev–Trinajstić information content (AvgIpc) is 2.23. The number of alkyl halides is 3. The first-order chi connectivity index (χ1) is 8.69. The summed E-state index contributed by atoms with van der Waals surface area (Å²) in [5.41, 5.74) is 1.06. The van der Waals surface area contributed by atoms with E-state index in [0.717, 1.165) is 11.0 Å². The number of anilines is 1. The van der Waals surface area contributed by atoms with Crippen LogP contribution < -0.4 is 4.90 Å². The van der Waals surface area contributed by atoms with Gasteiger partial charge in [0.15, 0.2) is 0 Å². The highest BCUT2D eigenvalue weighted by molar-refractivity contribution is 5.85. The third-order valence-electron chi connectivity index (χ3n) is 2.27. The number of hydrogen-bond acceptors (Lipinski definition) is 3. The Bertz CT molecular complexity index is 498. The van der Waals surface area contributed by atoms with Crippen LogP contribution in [0.15, 0.2) is 18.3 Å². The number of rotatable bonds is 4. The predicted octanol–water partition coefficient (Wildman–Crippen LogP) is 2.49. The van der Waals surface area contributed by atoms with E-state index in [1.165, 1.54) is 19.3 Å². The van der Waals surface area contributed by atoms with Gasteiger partial charge in [-0.2, -0.15) is 13.2 Å². The summed E-state index contributed by atoms with van der Waals surface area (Å²) in [7, 11) is 1.30. The summed E-state index contributed by atoms with van der Waals surface area (Å²) in [5.74, 6) is -0.888. The minimum Gasteiger partial charge on any atom is -0.478 e. The van der Waals surface area contributed by atoms with Crippen LogP contribution in [0, 0.1) is 6.92 Å². The maximum atomic E-state index is 12.3. The maximum Gasteiger partial charge on any atom is 0.405 e. The summed E-state index contributed by atoms with van der Waals surface area (Å²) in [6.07, 6.45) is -0.704. The van der Waals surface area contributed by atoms with Crippen LogP contribution in [0.4, 0.5) is 19.0 Å². The van der Waals surface area contributed by atoms with Gasteiger partial charge in [0.25, 0.3) is 0 Å². The Labute approximate surface area is 108 Å². The molecule has 0 saturated heterocycles. The molecule has 0 unspecified atom stereocenters. The fourth-order valence-corrected chi connectivity index (χ4v) is 1.59. The van der Waals surface area contributed by atoms with Crippen molar-refractivity contribution in [3.05, 3.63) is 29.5 Å². The van der Waals surface area contributed by atoms with E-state index in [4.69, 9.17) is 5.11 Å². The minimum absolute atomic E-state index is 0.213. The molecule has 0 aliphatic carbocycles. The molecule has 1 rings (SSSR count). The van der Waals surface area contributed by atoms with Crippen molar-refractivity contribution in [3.63, 3.8) is 0 Å². The predicted molar refractivity (Wildman–Crippen MR) is 65.0 cm³/mol. The molecule has 7 heteroatoms. The molecular formula is C12H13F3N2O2. The molecule has 1 heterocycles. The van der Waals surface area contributed by atoms with Crippen LogP contribution in [-0.4, -0.2) is 35.8 Å². The van der Waals surface area contributed by atoms with Gasteiger partial charge in [-0.25, -0.2) is 9.78 Å². The Morgan fingerprint density at radius 2 is 2.16 bits per heavy atom. The van der Waals surface area contributed by atoms with Gasteiger partial charge in [-0.1, -0.05) is 0 Å². The maximum absolute atomic E-state index is 12.3. The van der Waals surface area contributed by atoms with Crippen LogP contribution in [0.5, 0.6) is 0 Å². The first-order valence-electron chi connectivity index (χ1n) is 5.34. The highest BCUT2D eigenvalue weighted by Crippen LogP contribution is 2.22. The third-order valence-corrected chi connectivity index (χ3v) is 2.27. The lowest BCUT2D eigenvalue weighted by atomic mass is 10.2. The topological polar surface area (TPSA) is 53.4 Å². The van der Waals surface area contributed by atoms with E-state index in [9.17, 15) is 18.0 Å². The molecule has 104 valence electrons. The van der Waals surface area contributed by atoms with Gasteiger partial charge in [-0.15, -0.1) is 0 Å². The van der Waals surface area contributed by atoms with Crippen LogP contribution in [0.25, 0.3) is 6.08 Å². The summed E-state index contributed by atoms with van der Waals surface area (Å²) in [6, 6.07) is 1.58. The van der Waals surface area contributed by atoms with Crippen LogP contribution >= 0.6 is 0 Å². The van der Waals surface area contributed by atoms with E-state index < -0.39 is 18.7 Å². The molecule has 19 heavy (non-hydrogen) atoms. The van der Waals surface area contributed by atoms with Crippen molar-refractivity contribution in [1.29, 1.82) is 0 Å². The molecule has 0 saturated carbocycles. The molecular weight excluding hydrogens is 261 g/mol. The number of aliphatic carboxylic acids is 1. The second kappa shape index (κ2) is 5.73. The molecule has 1 aromatic heterocycles. The number of carboxylic acid groups (broad SMARTS) is 1. The molecule has 4 nitrogen and oxygen atoms in total. The highest BCUT2D eigenvalue weighted by atomic mass is 19.4. The number of aryl methyl sites for hydroxylation is 1. The molecule has 0 amide bonds. The number of nitrogens with zero attached hydrogens (tertiary/aromatic N) is 2. The van der Waals surface area contributed by atoms with E-state index in [2.05, 4.69) is 4.98 Å². The summed E-state index contributed by atoms with van der Waals surface area (Å²) in [5, 5.41) is 8.47. The molecule has 0 fully saturated rings. The van der Waals surface area contributed by atoms with Gasteiger partial charge in [0.2, 0.25) is 0 Å². The Morgan fingerprint density at radius 3 is 2.63 bits per heavy atom. The monoisotopic (exact) mass is 274 g/mol. The zero-order chi connectivity index (χ0) is 14.6. The Balaban J connectivity index is 2.91. The third kappa shape index (κ3) is 4.99. The van der Waals surface area contributed by atoms with Gasteiger partial charge < -0.3 is 10.0 Å². The summed E-state index contributed by atoms with van der Waals surface area (Å²) < 4.78 is 36.8. The van der Waals surface area contributed by atoms with Gasteiger partial charge in [0.1, 0.15) is 12.4 Å². The van der Waals surface area contributed by atoms with Crippen molar-refractivity contribution in [2.24, 2.45) is 0 Å². The quantitative estimate of drug-likeness (QED) is 0.857. The van der Waals surface area contributed by atoms with E-state index in [1.54, 1.807) is 13.0 Å². The molecule has 0 aromatic carbocycles. The number of aromatic nitrogens is 1. The zero-order valence-corrected chi connectivity index (χ0v) is 10.4. The molecule has 0 atom stereocenters. The van der Waals surface area contributed by atoms with Crippen molar-refractivity contribution < 1.29 is 23.1 Å². The van der Waals surface area contributed by atoms with Gasteiger partial charge >= 0.3 is 12.1 Å². The van der Waals surface area contributed by atoms with Crippen LogP contribution in [0.3, 0.4) is 0 Å². The van der Waals surface area contributed by atoms with Crippen LogP contribution in [-0.2, 0) is 4.79 Å². The molecule has 0 spiro atoms. The van der Waals surface area contributed by atoms with Crippen molar-refractivity contribution in [1.82, 2.24) is 4.98 Å². The first kappa shape index (κ1) is 15.0. The number of hydrogen-bond donors (Lipinski definition) is 1. The molecule has 1 aromatic rings. The minimum atomic E-state index is -4.30. The smallest absolute Gasteiger partial charge is 0.405 e. The van der Waals surface area contributed by atoms with E-state index in [0.29, 0.717) is 11.1 Å². The van der Waals surface area contributed by atoms with Gasteiger partial charge in [-0.3, -0.25) is 0 Å². The van der Waals surface area contributed by atoms with Crippen molar-refractivity contribution in [2.45, 2.75) is 13.1 Å².